The molecule has 0 unspecified atom stereocenters. The first-order valence-electron chi connectivity index (χ1n) is 11.3. The second kappa shape index (κ2) is 12.1. The number of benzene rings is 2. The Balaban J connectivity index is 2.20. The number of hydrogen-bond acceptors (Lipinski definition) is 3. The lowest BCUT2D eigenvalue weighted by atomic mass is 10.1. The van der Waals surface area contributed by atoms with E-state index in [9.17, 15) is 8.42 Å². The van der Waals surface area contributed by atoms with Gasteiger partial charge in [0, 0.05) is 31.9 Å². The van der Waals surface area contributed by atoms with Crippen LogP contribution in [0, 0.1) is 6.92 Å². The summed E-state index contributed by atoms with van der Waals surface area (Å²) in [6.07, 6.45) is 5.51. The minimum Gasteiger partial charge on any atom is -0.372 e. The van der Waals surface area contributed by atoms with Crippen molar-refractivity contribution < 1.29 is 8.42 Å². The van der Waals surface area contributed by atoms with Crippen molar-refractivity contribution in [1.29, 1.82) is 0 Å². The molecule has 2 aromatic rings. The highest BCUT2D eigenvalue weighted by Gasteiger charge is 2.24. The van der Waals surface area contributed by atoms with E-state index < -0.39 is 10.0 Å². The molecule has 0 fully saturated rings. The third-order valence-electron chi connectivity index (χ3n) is 5.56. The summed E-state index contributed by atoms with van der Waals surface area (Å²) in [6, 6.07) is 15.5. The molecule has 0 saturated heterocycles. The molecule has 0 radical (unpaired) electrons. The minimum atomic E-state index is -3.53. The number of nitrogens with zero attached hydrogens (tertiary/aromatic N) is 2. The quantitative estimate of drug-likeness (QED) is 0.366. The largest absolute Gasteiger partial charge is 0.372 e. The normalized spacial score (nSPS) is 11.8. The fraction of sp³-hybridized carbons (Fsp3) is 0.520. The number of aryl methyl sites for hydroxylation is 1. The standard InChI is InChI=1S/C25H38N2O2S/c1-5-8-9-10-11-19-27(30(28,29)25-14-12-13-22(4)20-25)21-23-15-17-24(18-16-23)26(6-2)7-3/h12-18,20H,5-11,19,21H2,1-4H3. The molecule has 0 aliphatic carbocycles. The summed E-state index contributed by atoms with van der Waals surface area (Å²) >= 11 is 0. The Labute approximate surface area is 184 Å². The summed E-state index contributed by atoms with van der Waals surface area (Å²) in [6.45, 7) is 11.3. The van der Waals surface area contributed by atoms with Crippen LogP contribution in [0.2, 0.25) is 0 Å². The molecule has 0 aromatic heterocycles. The molecule has 0 N–H and O–H groups in total. The van der Waals surface area contributed by atoms with Gasteiger partial charge < -0.3 is 4.90 Å². The van der Waals surface area contributed by atoms with E-state index in [1.807, 2.05) is 19.1 Å². The molecule has 0 spiro atoms. The molecule has 166 valence electrons. The van der Waals surface area contributed by atoms with Crippen LogP contribution in [-0.4, -0.2) is 32.4 Å². The van der Waals surface area contributed by atoms with Crippen molar-refractivity contribution in [2.75, 3.05) is 24.5 Å². The van der Waals surface area contributed by atoms with Crippen LogP contribution in [0.3, 0.4) is 0 Å². The van der Waals surface area contributed by atoms with E-state index in [4.69, 9.17) is 0 Å². The molecule has 2 aromatic carbocycles. The van der Waals surface area contributed by atoms with Crippen molar-refractivity contribution in [3.05, 3.63) is 59.7 Å². The molecule has 0 aliphatic heterocycles. The van der Waals surface area contributed by atoms with Crippen molar-refractivity contribution in [1.82, 2.24) is 4.31 Å². The van der Waals surface area contributed by atoms with Gasteiger partial charge in [-0.2, -0.15) is 4.31 Å². The second-order valence-corrected chi connectivity index (χ2v) is 9.85. The van der Waals surface area contributed by atoms with E-state index >= 15 is 0 Å². The fourth-order valence-electron chi connectivity index (χ4n) is 3.71. The molecule has 0 heterocycles. The Bertz CT molecular complexity index is 859. The van der Waals surface area contributed by atoms with Crippen LogP contribution in [0.1, 0.15) is 64.0 Å². The highest BCUT2D eigenvalue weighted by Crippen LogP contribution is 2.22. The van der Waals surface area contributed by atoms with Gasteiger partial charge in [-0.05, 0) is 62.6 Å². The molecule has 0 saturated carbocycles. The number of hydrogen-bond donors (Lipinski definition) is 0. The lowest BCUT2D eigenvalue weighted by molar-refractivity contribution is 0.392. The number of sulfonamides is 1. The van der Waals surface area contributed by atoms with Crippen LogP contribution >= 0.6 is 0 Å². The van der Waals surface area contributed by atoms with Gasteiger partial charge in [0.25, 0.3) is 0 Å². The predicted molar refractivity (Wildman–Crippen MR) is 128 cm³/mol. The van der Waals surface area contributed by atoms with Crippen molar-refractivity contribution in [3.8, 4) is 0 Å². The van der Waals surface area contributed by atoms with E-state index in [0.29, 0.717) is 18.0 Å². The van der Waals surface area contributed by atoms with Gasteiger partial charge in [0.05, 0.1) is 4.90 Å². The molecule has 0 bridgehead atoms. The monoisotopic (exact) mass is 430 g/mol. The first-order chi connectivity index (χ1) is 14.4. The number of rotatable bonds is 13. The number of anilines is 1. The van der Waals surface area contributed by atoms with Gasteiger partial charge in [-0.3, -0.25) is 0 Å². The molecule has 0 amide bonds. The third-order valence-corrected chi connectivity index (χ3v) is 7.40. The minimum absolute atomic E-state index is 0.385. The van der Waals surface area contributed by atoms with Gasteiger partial charge in [0.15, 0.2) is 0 Å². The van der Waals surface area contributed by atoms with E-state index in [1.165, 1.54) is 18.5 Å². The topological polar surface area (TPSA) is 40.6 Å². The van der Waals surface area contributed by atoms with E-state index in [1.54, 1.807) is 16.4 Å². The molecular formula is C25H38N2O2S. The summed E-state index contributed by atoms with van der Waals surface area (Å²) in [4.78, 5) is 2.68. The zero-order valence-electron chi connectivity index (χ0n) is 19.1. The van der Waals surface area contributed by atoms with E-state index in [-0.39, 0.29) is 0 Å². The van der Waals surface area contributed by atoms with Crippen LogP contribution in [-0.2, 0) is 16.6 Å². The summed E-state index contributed by atoms with van der Waals surface area (Å²) in [5.74, 6) is 0. The smallest absolute Gasteiger partial charge is 0.243 e. The van der Waals surface area contributed by atoms with Crippen molar-refractivity contribution in [2.24, 2.45) is 0 Å². The molecule has 30 heavy (non-hydrogen) atoms. The number of unbranched alkanes of at least 4 members (excludes halogenated alkanes) is 4. The lowest BCUT2D eigenvalue weighted by Crippen LogP contribution is -2.31. The maximum atomic E-state index is 13.4. The predicted octanol–water partition coefficient (Wildman–Crippen LogP) is 6.00. The van der Waals surface area contributed by atoms with Crippen molar-refractivity contribution in [3.63, 3.8) is 0 Å². The lowest BCUT2D eigenvalue weighted by Gasteiger charge is -2.24. The highest BCUT2D eigenvalue weighted by molar-refractivity contribution is 7.89. The maximum absolute atomic E-state index is 13.4. The van der Waals surface area contributed by atoms with E-state index in [2.05, 4.69) is 49.9 Å². The van der Waals surface area contributed by atoms with Gasteiger partial charge in [0.2, 0.25) is 10.0 Å². The van der Waals surface area contributed by atoms with Gasteiger partial charge in [-0.1, -0.05) is 56.9 Å². The summed E-state index contributed by atoms with van der Waals surface area (Å²) in [5.41, 5.74) is 3.16. The van der Waals surface area contributed by atoms with Crippen LogP contribution in [0.4, 0.5) is 5.69 Å². The van der Waals surface area contributed by atoms with Crippen LogP contribution < -0.4 is 4.90 Å². The Morgan fingerprint density at radius 2 is 1.50 bits per heavy atom. The fourth-order valence-corrected chi connectivity index (χ4v) is 5.28. The van der Waals surface area contributed by atoms with Crippen LogP contribution in [0.5, 0.6) is 0 Å². The average Bonchev–Trinajstić information content (AvgIpc) is 2.74. The Kier molecular flexibility index (Phi) is 9.86. The molecular weight excluding hydrogens is 392 g/mol. The van der Waals surface area contributed by atoms with Crippen LogP contribution in [0.15, 0.2) is 53.4 Å². The van der Waals surface area contributed by atoms with Gasteiger partial charge in [-0.25, -0.2) is 8.42 Å². The Hall–Kier alpha value is -1.85. The molecule has 0 atom stereocenters. The second-order valence-electron chi connectivity index (χ2n) is 7.91. The van der Waals surface area contributed by atoms with Crippen molar-refractivity contribution >= 4 is 15.7 Å². The van der Waals surface area contributed by atoms with Gasteiger partial charge >= 0.3 is 0 Å². The SMILES string of the molecule is CCCCCCCN(Cc1ccc(N(CC)CC)cc1)S(=O)(=O)c1cccc(C)c1. The third kappa shape index (κ3) is 6.85. The molecule has 5 heteroatoms. The summed E-state index contributed by atoms with van der Waals surface area (Å²) in [5, 5.41) is 0. The maximum Gasteiger partial charge on any atom is 0.243 e. The molecule has 2 rings (SSSR count). The van der Waals surface area contributed by atoms with Gasteiger partial charge in [-0.15, -0.1) is 0 Å². The van der Waals surface area contributed by atoms with Crippen LogP contribution in [0.25, 0.3) is 0 Å². The van der Waals surface area contributed by atoms with E-state index in [0.717, 1.165) is 43.5 Å². The molecule has 0 aliphatic rings. The summed E-state index contributed by atoms with van der Waals surface area (Å²) < 4.78 is 28.4. The highest BCUT2D eigenvalue weighted by atomic mass is 32.2. The zero-order chi connectivity index (χ0) is 22.0. The first-order valence-corrected chi connectivity index (χ1v) is 12.8. The zero-order valence-corrected chi connectivity index (χ0v) is 19.9. The first kappa shape index (κ1) is 24.4. The Morgan fingerprint density at radius 3 is 2.10 bits per heavy atom. The molecule has 4 nitrogen and oxygen atoms in total. The van der Waals surface area contributed by atoms with Gasteiger partial charge in [0.1, 0.15) is 0 Å². The summed E-state index contributed by atoms with van der Waals surface area (Å²) in [7, 11) is -3.53. The Morgan fingerprint density at radius 1 is 0.833 bits per heavy atom. The van der Waals surface area contributed by atoms with Crippen molar-refractivity contribution in [2.45, 2.75) is 71.2 Å². The average molecular weight is 431 g/mol.